The van der Waals surface area contributed by atoms with Crippen LogP contribution in [0.2, 0.25) is 10.0 Å². The van der Waals surface area contributed by atoms with Crippen molar-refractivity contribution in [2.75, 3.05) is 0 Å². The highest BCUT2D eigenvalue weighted by molar-refractivity contribution is 7.19. The fourth-order valence-electron chi connectivity index (χ4n) is 1.18. The summed E-state index contributed by atoms with van der Waals surface area (Å²) in [7, 11) is 0. The first-order valence-corrected chi connectivity index (χ1v) is 5.10. The quantitative estimate of drug-likeness (QED) is 0.590. The predicted octanol–water partition coefficient (Wildman–Crippen LogP) is 5.15. The molecule has 0 saturated heterocycles. The van der Waals surface area contributed by atoms with Crippen molar-refractivity contribution in [1.82, 2.24) is 0 Å². The minimum atomic E-state index is 0. The molecule has 0 nitrogen and oxygen atoms in total. The van der Waals surface area contributed by atoms with E-state index in [2.05, 4.69) is 13.0 Å². The van der Waals surface area contributed by atoms with E-state index in [-0.39, 0.29) is 7.43 Å². The minimum Gasteiger partial charge on any atom is -0.139 e. The number of aryl methyl sites for hydroxylation is 1. The van der Waals surface area contributed by atoms with Crippen molar-refractivity contribution in [3.63, 3.8) is 0 Å². The predicted molar refractivity (Wildman–Crippen MR) is 63.3 cm³/mol. The molecule has 1 aromatic heterocycles. The van der Waals surface area contributed by atoms with Crippen LogP contribution in [0.1, 0.15) is 12.3 Å². The number of halogens is 2. The molecule has 0 amide bonds. The molecule has 0 bridgehead atoms. The smallest absolute Gasteiger partial charge is 0.0585 e. The third-order valence-electron chi connectivity index (χ3n) is 1.71. The van der Waals surface area contributed by atoms with Gasteiger partial charge in [-0.2, -0.15) is 0 Å². The summed E-state index contributed by atoms with van der Waals surface area (Å²) in [4.78, 5) is 1.24. The Morgan fingerprint density at radius 3 is 2.38 bits per heavy atom. The first-order chi connectivity index (χ1) is 5.68. The third-order valence-corrected chi connectivity index (χ3v) is 3.55. The number of benzene rings is 1. The zero-order valence-electron chi connectivity index (χ0n) is 6.40. The highest BCUT2D eigenvalue weighted by Gasteiger charge is 2.05. The van der Waals surface area contributed by atoms with Gasteiger partial charge in [-0.15, -0.1) is 11.3 Å². The van der Waals surface area contributed by atoms with Crippen LogP contribution in [0.4, 0.5) is 0 Å². The standard InChI is InChI=1S/C9H6Cl2S.CH4/c1-5-4-6-7(10)2-3-8(11)9(6)12-5;/h2-4H,1H3;1H4. The second kappa shape index (κ2) is 3.87. The first-order valence-electron chi connectivity index (χ1n) is 3.52. The Balaban J connectivity index is 0.000000845. The molecule has 0 aliphatic carbocycles. The molecule has 13 heavy (non-hydrogen) atoms. The summed E-state index contributed by atoms with van der Waals surface area (Å²) in [6.45, 7) is 2.05. The van der Waals surface area contributed by atoms with E-state index in [4.69, 9.17) is 23.2 Å². The van der Waals surface area contributed by atoms with Gasteiger partial charge in [0.2, 0.25) is 0 Å². The lowest BCUT2D eigenvalue weighted by molar-refractivity contribution is 1.65. The van der Waals surface area contributed by atoms with Gasteiger partial charge in [-0.25, -0.2) is 0 Å². The van der Waals surface area contributed by atoms with Gasteiger partial charge in [0, 0.05) is 15.3 Å². The van der Waals surface area contributed by atoms with Gasteiger partial charge in [0.25, 0.3) is 0 Å². The van der Waals surface area contributed by atoms with E-state index in [1.165, 1.54) is 4.88 Å². The van der Waals surface area contributed by atoms with Crippen LogP contribution >= 0.6 is 34.5 Å². The maximum absolute atomic E-state index is 5.99. The fourth-order valence-corrected chi connectivity index (χ4v) is 2.67. The maximum Gasteiger partial charge on any atom is 0.0585 e. The summed E-state index contributed by atoms with van der Waals surface area (Å²) < 4.78 is 1.08. The average molecular weight is 233 g/mol. The molecule has 0 atom stereocenters. The van der Waals surface area contributed by atoms with Crippen molar-refractivity contribution in [3.05, 3.63) is 33.1 Å². The number of thiophene rings is 1. The number of fused-ring (bicyclic) bond motifs is 1. The highest BCUT2D eigenvalue weighted by atomic mass is 35.5. The van der Waals surface area contributed by atoms with Gasteiger partial charge in [0.15, 0.2) is 0 Å². The third kappa shape index (κ3) is 1.83. The lowest BCUT2D eigenvalue weighted by Gasteiger charge is -1.94. The molecule has 0 saturated carbocycles. The van der Waals surface area contributed by atoms with Crippen LogP contribution in [0, 0.1) is 6.92 Å². The van der Waals surface area contributed by atoms with E-state index in [1.54, 1.807) is 11.3 Å². The van der Waals surface area contributed by atoms with Crippen molar-refractivity contribution < 1.29 is 0 Å². The van der Waals surface area contributed by atoms with Crippen LogP contribution in [0.5, 0.6) is 0 Å². The number of rotatable bonds is 0. The normalized spacial score (nSPS) is 10.1. The van der Waals surface area contributed by atoms with Crippen LogP contribution in [0.25, 0.3) is 10.1 Å². The summed E-state index contributed by atoms with van der Waals surface area (Å²) in [6, 6.07) is 5.73. The Bertz CT molecular complexity index is 393. The molecule has 0 N–H and O–H groups in total. The van der Waals surface area contributed by atoms with Gasteiger partial charge in [-0.05, 0) is 25.1 Å². The van der Waals surface area contributed by atoms with Gasteiger partial charge < -0.3 is 0 Å². The molecule has 2 aromatic rings. The molecule has 1 heterocycles. The van der Waals surface area contributed by atoms with Crippen molar-refractivity contribution >= 4 is 44.6 Å². The molecule has 0 radical (unpaired) electrons. The maximum atomic E-state index is 5.99. The summed E-state index contributed by atoms with van der Waals surface area (Å²) >= 11 is 13.7. The zero-order valence-corrected chi connectivity index (χ0v) is 8.72. The van der Waals surface area contributed by atoms with Gasteiger partial charge in [-0.3, -0.25) is 0 Å². The van der Waals surface area contributed by atoms with Crippen molar-refractivity contribution in [1.29, 1.82) is 0 Å². The molecule has 0 aliphatic heterocycles. The average Bonchev–Trinajstić information content (AvgIpc) is 2.41. The van der Waals surface area contributed by atoms with Crippen LogP contribution < -0.4 is 0 Å². The Kier molecular flexibility index (Phi) is 3.23. The van der Waals surface area contributed by atoms with Gasteiger partial charge in [0.1, 0.15) is 0 Å². The van der Waals surface area contributed by atoms with Crippen molar-refractivity contribution in [2.45, 2.75) is 14.4 Å². The number of hydrogen-bond acceptors (Lipinski definition) is 1. The molecule has 0 spiro atoms. The molecule has 2 rings (SSSR count). The van der Waals surface area contributed by atoms with E-state index in [9.17, 15) is 0 Å². The summed E-state index contributed by atoms with van der Waals surface area (Å²) in [6.07, 6.45) is 0. The monoisotopic (exact) mass is 232 g/mol. The summed E-state index contributed by atoms with van der Waals surface area (Å²) in [5.74, 6) is 0. The Labute approximate surface area is 92.1 Å². The van der Waals surface area contributed by atoms with E-state index in [1.807, 2.05) is 12.1 Å². The Hall–Kier alpha value is -0.240. The molecule has 1 aromatic carbocycles. The zero-order chi connectivity index (χ0) is 8.72. The highest BCUT2D eigenvalue weighted by Crippen LogP contribution is 2.35. The van der Waals surface area contributed by atoms with E-state index < -0.39 is 0 Å². The second-order valence-corrected chi connectivity index (χ2v) is 4.70. The topological polar surface area (TPSA) is 0 Å². The largest absolute Gasteiger partial charge is 0.139 e. The molecule has 70 valence electrons. The molecular formula is C10H10Cl2S. The van der Waals surface area contributed by atoms with Gasteiger partial charge in [-0.1, -0.05) is 30.6 Å². The minimum absolute atomic E-state index is 0. The van der Waals surface area contributed by atoms with Crippen LogP contribution in [0.15, 0.2) is 18.2 Å². The Morgan fingerprint density at radius 1 is 1.15 bits per heavy atom. The Morgan fingerprint density at radius 2 is 1.77 bits per heavy atom. The van der Waals surface area contributed by atoms with E-state index in [0.717, 1.165) is 20.1 Å². The van der Waals surface area contributed by atoms with Crippen molar-refractivity contribution in [3.8, 4) is 0 Å². The molecular weight excluding hydrogens is 223 g/mol. The molecule has 0 aliphatic rings. The van der Waals surface area contributed by atoms with Crippen LogP contribution in [-0.2, 0) is 0 Å². The summed E-state index contributed by atoms with van der Waals surface area (Å²) in [5, 5.41) is 2.62. The fraction of sp³-hybridized carbons (Fsp3) is 0.200. The van der Waals surface area contributed by atoms with Crippen molar-refractivity contribution in [2.24, 2.45) is 0 Å². The second-order valence-electron chi connectivity index (χ2n) is 2.63. The van der Waals surface area contributed by atoms with E-state index >= 15 is 0 Å². The summed E-state index contributed by atoms with van der Waals surface area (Å²) in [5.41, 5.74) is 0. The van der Waals surface area contributed by atoms with Crippen LogP contribution in [-0.4, -0.2) is 0 Å². The first kappa shape index (κ1) is 10.8. The SMILES string of the molecule is C.Cc1cc2c(Cl)ccc(Cl)c2s1. The lowest BCUT2D eigenvalue weighted by atomic mass is 10.2. The van der Waals surface area contributed by atoms with Crippen LogP contribution in [0.3, 0.4) is 0 Å². The van der Waals surface area contributed by atoms with Gasteiger partial charge in [0.05, 0.1) is 9.72 Å². The molecule has 0 unspecified atom stereocenters. The van der Waals surface area contributed by atoms with E-state index in [0.29, 0.717) is 0 Å². The lowest BCUT2D eigenvalue weighted by Crippen LogP contribution is -1.66. The number of hydrogen-bond donors (Lipinski definition) is 0. The molecule has 3 heteroatoms. The molecule has 0 fully saturated rings. The van der Waals surface area contributed by atoms with Gasteiger partial charge >= 0.3 is 0 Å².